The molecule has 0 bridgehead atoms. The van der Waals surface area contributed by atoms with Gasteiger partial charge in [-0.1, -0.05) is 50.1 Å². The minimum atomic E-state index is -1.01. The van der Waals surface area contributed by atoms with Gasteiger partial charge in [-0.2, -0.15) is 0 Å². The molecule has 0 atom stereocenters. The summed E-state index contributed by atoms with van der Waals surface area (Å²) < 4.78 is 5.99. The van der Waals surface area contributed by atoms with Crippen LogP contribution in [-0.2, 0) is 0 Å². The molecule has 1 heterocycles. The van der Waals surface area contributed by atoms with E-state index >= 15 is 0 Å². The summed E-state index contributed by atoms with van der Waals surface area (Å²) in [5.74, 6) is -0.251. The minimum absolute atomic E-state index is 0.0693. The Bertz CT molecular complexity index is 857. The Labute approximate surface area is 144 Å². The molecule has 0 spiro atoms. The van der Waals surface area contributed by atoms with Crippen molar-refractivity contribution in [2.75, 3.05) is 6.61 Å². The Morgan fingerprint density at radius 2 is 2.04 bits per heavy atom. The summed E-state index contributed by atoms with van der Waals surface area (Å²) in [5.41, 5.74) is 0.946. The van der Waals surface area contributed by atoms with Crippen LogP contribution in [0.3, 0.4) is 0 Å². The fourth-order valence-electron chi connectivity index (χ4n) is 2.61. The van der Waals surface area contributed by atoms with E-state index < -0.39 is 5.97 Å². The van der Waals surface area contributed by atoms with Crippen LogP contribution >= 0.6 is 11.3 Å². The smallest absolute Gasteiger partial charge is 0.355 e. The molecule has 2 aromatic carbocycles. The van der Waals surface area contributed by atoms with Gasteiger partial charge in [0.1, 0.15) is 10.8 Å². The standard InChI is InChI=1S/C19H19NO3S/c1-2-3-6-11-23-16-10-9-13-7-4-5-8-14(13)17(16)18-20-15(12-24-18)19(21)22/h4-5,7-10,12H,2-3,6,11H2,1H3,(H,21,22). The van der Waals surface area contributed by atoms with Crippen LogP contribution in [0, 0.1) is 0 Å². The number of hydrogen-bond donors (Lipinski definition) is 1. The maximum Gasteiger partial charge on any atom is 0.355 e. The van der Waals surface area contributed by atoms with Gasteiger partial charge in [-0.3, -0.25) is 0 Å². The first kappa shape index (κ1) is 16.5. The molecular formula is C19H19NO3S. The van der Waals surface area contributed by atoms with Gasteiger partial charge in [-0.15, -0.1) is 11.3 Å². The summed E-state index contributed by atoms with van der Waals surface area (Å²) in [4.78, 5) is 15.4. The number of nitrogens with zero attached hydrogens (tertiary/aromatic N) is 1. The molecular weight excluding hydrogens is 322 g/mol. The molecule has 0 amide bonds. The molecule has 0 aliphatic heterocycles. The normalized spacial score (nSPS) is 10.9. The van der Waals surface area contributed by atoms with Crippen molar-refractivity contribution in [3.8, 4) is 16.3 Å². The Morgan fingerprint density at radius 1 is 1.21 bits per heavy atom. The lowest BCUT2D eigenvalue weighted by Crippen LogP contribution is -2.00. The highest BCUT2D eigenvalue weighted by Crippen LogP contribution is 2.38. The van der Waals surface area contributed by atoms with Crippen LogP contribution in [0.15, 0.2) is 41.8 Å². The molecule has 0 saturated heterocycles. The van der Waals surface area contributed by atoms with E-state index in [4.69, 9.17) is 9.84 Å². The highest BCUT2D eigenvalue weighted by Gasteiger charge is 2.17. The molecule has 0 unspecified atom stereocenters. The van der Waals surface area contributed by atoms with Crippen molar-refractivity contribution in [3.05, 3.63) is 47.5 Å². The van der Waals surface area contributed by atoms with Gasteiger partial charge in [0.2, 0.25) is 0 Å². The van der Waals surface area contributed by atoms with Crippen LogP contribution in [0.4, 0.5) is 0 Å². The molecule has 3 aromatic rings. The Hall–Kier alpha value is -2.40. The predicted octanol–water partition coefficient (Wildman–Crippen LogP) is 5.23. The third-order valence-corrected chi connectivity index (χ3v) is 4.69. The number of unbranched alkanes of at least 4 members (excludes halogenated alkanes) is 2. The SMILES string of the molecule is CCCCCOc1ccc2ccccc2c1-c1nc(C(=O)O)cs1. The van der Waals surface area contributed by atoms with Crippen LogP contribution in [0.1, 0.15) is 36.7 Å². The van der Waals surface area contributed by atoms with Crippen LogP contribution in [0.25, 0.3) is 21.3 Å². The maximum absolute atomic E-state index is 11.2. The van der Waals surface area contributed by atoms with E-state index in [-0.39, 0.29) is 5.69 Å². The number of benzene rings is 2. The van der Waals surface area contributed by atoms with Crippen LogP contribution in [0.5, 0.6) is 5.75 Å². The summed E-state index contributed by atoms with van der Waals surface area (Å²) in [7, 11) is 0. The summed E-state index contributed by atoms with van der Waals surface area (Å²) in [6.45, 7) is 2.81. The highest BCUT2D eigenvalue weighted by atomic mass is 32.1. The first-order chi connectivity index (χ1) is 11.7. The molecule has 0 saturated carbocycles. The number of hydrogen-bond acceptors (Lipinski definition) is 4. The second-order valence-electron chi connectivity index (χ2n) is 5.56. The van der Waals surface area contributed by atoms with E-state index in [0.29, 0.717) is 11.6 Å². The van der Waals surface area contributed by atoms with E-state index in [0.717, 1.165) is 41.3 Å². The van der Waals surface area contributed by atoms with Gasteiger partial charge < -0.3 is 9.84 Å². The van der Waals surface area contributed by atoms with Crippen molar-refractivity contribution in [3.63, 3.8) is 0 Å². The van der Waals surface area contributed by atoms with Crippen molar-refractivity contribution in [2.24, 2.45) is 0 Å². The number of carboxylic acids is 1. The lowest BCUT2D eigenvalue weighted by Gasteiger charge is -2.12. The van der Waals surface area contributed by atoms with Gasteiger partial charge in [0, 0.05) is 5.38 Å². The third-order valence-electron chi connectivity index (χ3n) is 3.83. The molecule has 0 radical (unpaired) electrons. The highest BCUT2D eigenvalue weighted by molar-refractivity contribution is 7.13. The fraction of sp³-hybridized carbons (Fsp3) is 0.263. The Morgan fingerprint density at radius 3 is 2.79 bits per heavy atom. The van der Waals surface area contributed by atoms with Crippen molar-refractivity contribution in [1.82, 2.24) is 4.98 Å². The second kappa shape index (κ2) is 7.45. The van der Waals surface area contributed by atoms with Gasteiger partial charge in [-0.05, 0) is 23.3 Å². The number of thiazole rings is 1. The average Bonchev–Trinajstić information content (AvgIpc) is 3.08. The Kier molecular flexibility index (Phi) is 5.11. The van der Waals surface area contributed by atoms with Gasteiger partial charge in [-0.25, -0.2) is 9.78 Å². The van der Waals surface area contributed by atoms with Crippen molar-refractivity contribution in [2.45, 2.75) is 26.2 Å². The topological polar surface area (TPSA) is 59.4 Å². The third kappa shape index (κ3) is 3.41. The number of carbonyl (C=O) groups is 1. The number of aromatic nitrogens is 1. The summed E-state index contributed by atoms with van der Waals surface area (Å²) >= 11 is 1.33. The predicted molar refractivity (Wildman–Crippen MR) is 97.0 cm³/mol. The van der Waals surface area contributed by atoms with Crippen molar-refractivity contribution >= 4 is 28.1 Å². The zero-order valence-electron chi connectivity index (χ0n) is 13.5. The molecule has 1 aromatic heterocycles. The van der Waals surface area contributed by atoms with E-state index in [1.807, 2.05) is 36.4 Å². The van der Waals surface area contributed by atoms with Crippen LogP contribution < -0.4 is 4.74 Å². The molecule has 24 heavy (non-hydrogen) atoms. The number of fused-ring (bicyclic) bond motifs is 1. The van der Waals surface area contributed by atoms with Crippen LogP contribution in [-0.4, -0.2) is 22.7 Å². The van der Waals surface area contributed by atoms with Gasteiger partial charge in [0.15, 0.2) is 5.69 Å². The molecule has 4 nitrogen and oxygen atoms in total. The minimum Gasteiger partial charge on any atom is -0.493 e. The quantitative estimate of drug-likeness (QED) is 0.598. The molecule has 124 valence electrons. The van der Waals surface area contributed by atoms with E-state index in [1.165, 1.54) is 11.3 Å². The van der Waals surface area contributed by atoms with Crippen molar-refractivity contribution in [1.29, 1.82) is 0 Å². The molecule has 3 rings (SSSR count). The maximum atomic E-state index is 11.2. The van der Waals surface area contributed by atoms with Crippen molar-refractivity contribution < 1.29 is 14.6 Å². The lowest BCUT2D eigenvalue weighted by atomic mass is 10.0. The number of ether oxygens (including phenoxy) is 1. The molecule has 0 aliphatic carbocycles. The molecule has 5 heteroatoms. The first-order valence-corrected chi connectivity index (χ1v) is 8.92. The van der Waals surface area contributed by atoms with E-state index in [9.17, 15) is 4.79 Å². The molecule has 1 N–H and O–H groups in total. The summed E-state index contributed by atoms with van der Waals surface area (Å²) in [5, 5.41) is 13.5. The fourth-order valence-corrected chi connectivity index (χ4v) is 3.47. The molecule has 0 fully saturated rings. The molecule has 0 aliphatic rings. The zero-order chi connectivity index (χ0) is 16.9. The monoisotopic (exact) mass is 341 g/mol. The summed E-state index contributed by atoms with van der Waals surface area (Å²) in [6.07, 6.45) is 3.27. The summed E-state index contributed by atoms with van der Waals surface area (Å²) in [6, 6.07) is 12.0. The number of aromatic carboxylic acids is 1. The average molecular weight is 341 g/mol. The number of rotatable bonds is 7. The largest absolute Gasteiger partial charge is 0.493 e. The Balaban J connectivity index is 2.05. The first-order valence-electron chi connectivity index (χ1n) is 8.04. The van der Waals surface area contributed by atoms with Gasteiger partial charge in [0.05, 0.1) is 12.2 Å². The van der Waals surface area contributed by atoms with Crippen LogP contribution in [0.2, 0.25) is 0 Å². The van der Waals surface area contributed by atoms with E-state index in [1.54, 1.807) is 5.38 Å². The second-order valence-corrected chi connectivity index (χ2v) is 6.42. The van der Waals surface area contributed by atoms with E-state index in [2.05, 4.69) is 11.9 Å². The van der Waals surface area contributed by atoms with Gasteiger partial charge in [0.25, 0.3) is 0 Å². The van der Waals surface area contributed by atoms with Gasteiger partial charge >= 0.3 is 5.97 Å². The lowest BCUT2D eigenvalue weighted by molar-refractivity contribution is 0.0691. The zero-order valence-corrected chi connectivity index (χ0v) is 14.3. The number of carboxylic acid groups (broad SMARTS) is 1.